The predicted molar refractivity (Wildman–Crippen MR) is 117 cm³/mol. The summed E-state index contributed by atoms with van der Waals surface area (Å²) in [5.74, 6) is 0.301. The Balaban J connectivity index is 1.58. The van der Waals surface area contributed by atoms with Crippen LogP contribution in [0, 0.1) is 0 Å². The van der Waals surface area contributed by atoms with Gasteiger partial charge >= 0.3 is 0 Å². The Hall–Kier alpha value is -2.53. The van der Waals surface area contributed by atoms with Crippen LogP contribution in [0.2, 0.25) is 0 Å². The summed E-state index contributed by atoms with van der Waals surface area (Å²) in [6.45, 7) is 1.64. The number of hydrogen-bond donors (Lipinski definition) is 2. The molecule has 0 radical (unpaired) electrons. The van der Waals surface area contributed by atoms with Gasteiger partial charge in [-0.1, -0.05) is 24.3 Å². The average molecular weight is 412 g/mol. The van der Waals surface area contributed by atoms with E-state index in [1.807, 2.05) is 12.1 Å². The Morgan fingerprint density at radius 3 is 2.66 bits per heavy atom. The number of anilines is 2. The summed E-state index contributed by atoms with van der Waals surface area (Å²) in [6, 6.07) is 14.4. The van der Waals surface area contributed by atoms with Gasteiger partial charge in [0.05, 0.1) is 5.56 Å². The molecule has 152 valence electrons. The molecule has 1 aliphatic carbocycles. The van der Waals surface area contributed by atoms with Gasteiger partial charge in [-0.3, -0.25) is 9.59 Å². The lowest BCUT2D eigenvalue weighted by Crippen LogP contribution is -2.33. The van der Waals surface area contributed by atoms with E-state index in [1.54, 1.807) is 6.07 Å². The molecule has 0 bridgehead atoms. The Labute approximate surface area is 176 Å². The first kappa shape index (κ1) is 19.8. The van der Waals surface area contributed by atoms with Gasteiger partial charge in [-0.15, -0.1) is 11.6 Å². The highest BCUT2D eigenvalue weighted by Gasteiger charge is 2.27. The summed E-state index contributed by atoms with van der Waals surface area (Å²) in [5.41, 5.74) is 4.84. The molecule has 2 amide bonds. The molecule has 2 N–H and O–H groups in total. The Kier molecular flexibility index (Phi) is 6.05. The van der Waals surface area contributed by atoms with E-state index >= 15 is 0 Å². The molecule has 5 nitrogen and oxygen atoms in total. The maximum absolute atomic E-state index is 12.9. The number of nitrogens with one attached hydrogen (secondary N) is 2. The first-order chi connectivity index (χ1) is 14.1. The van der Waals surface area contributed by atoms with Gasteiger partial charge in [-0.2, -0.15) is 0 Å². The van der Waals surface area contributed by atoms with Crippen molar-refractivity contribution in [3.05, 3.63) is 59.2 Å². The minimum absolute atomic E-state index is 0.0711. The zero-order chi connectivity index (χ0) is 20.2. The molecule has 6 heteroatoms. The maximum atomic E-state index is 12.9. The van der Waals surface area contributed by atoms with Crippen molar-refractivity contribution in [2.75, 3.05) is 22.6 Å². The second-order valence-electron chi connectivity index (χ2n) is 7.76. The van der Waals surface area contributed by atoms with Crippen LogP contribution in [-0.2, 0) is 17.8 Å². The van der Waals surface area contributed by atoms with Crippen molar-refractivity contribution in [1.29, 1.82) is 0 Å². The fourth-order valence-electron chi connectivity index (χ4n) is 3.71. The molecule has 2 aliphatic rings. The SMILES string of the molecule is O=C(CCCCl)Nc1ccc(N2CCc3ccccc3C2)c(C(=O)NC2CC2)c1. The number of nitrogens with zero attached hydrogens (tertiary/aromatic N) is 1. The van der Waals surface area contributed by atoms with Gasteiger partial charge < -0.3 is 15.5 Å². The van der Waals surface area contributed by atoms with Crippen molar-refractivity contribution in [1.82, 2.24) is 5.32 Å². The van der Waals surface area contributed by atoms with E-state index in [1.165, 1.54) is 11.1 Å². The van der Waals surface area contributed by atoms with Crippen molar-refractivity contribution in [3.8, 4) is 0 Å². The van der Waals surface area contributed by atoms with Crippen molar-refractivity contribution in [3.63, 3.8) is 0 Å². The van der Waals surface area contributed by atoms with Crippen LogP contribution in [0.1, 0.15) is 47.2 Å². The molecule has 0 saturated heterocycles. The molecule has 0 unspecified atom stereocenters. The predicted octanol–water partition coefficient (Wildman–Crippen LogP) is 4.10. The second-order valence-corrected chi connectivity index (χ2v) is 8.14. The number of carbonyl (C=O) groups is 2. The molecule has 0 spiro atoms. The number of carbonyl (C=O) groups excluding carboxylic acids is 2. The normalized spacial score (nSPS) is 15.6. The molecular weight excluding hydrogens is 386 g/mol. The highest BCUT2D eigenvalue weighted by atomic mass is 35.5. The molecule has 1 heterocycles. The van der Waals surface area contributed by atoms with Crippen molar-refractivity contribution in [2.45, 2.75) is 44.7 Å². The largest absolute Gasteiger partial charge is 0.366 e. The number of alkyl halides is 1. The summed E-state index contributed by atoms with van der Waals surface area (Å²) in [5, 5.41) is 5.98. The smallest absolute Gasteiger partial charge is 0.253 e. The molecule has 29 heavy (non-hydrogen) atoms. The van der Waals surface area contributed by atoms with Crippen LogP contribution in [0.3, 0.4) is 0 Å². The standard InChI is InChI=1S/C23H26ClN3O2/c24-12-3-6-22(28)25-19-9-10-21(20(14-19)23(29)26-18-7-8-18)27-13-11-16-4-1-2-5-17(16)15-27/h1-2,4-5,9-10,14,18H,3,6-8,11-13,15H2,(H,25,28)(H,26,29). The highest BCUT2D eigenvalue weighted by molar-refractivity contribution is 6.18. The molecule has 0 aromatic heterocycles. The van der Waals surface area contributed by atoms with E-state index in [2.05, 4.69) is 39.8 Å². The number of hydrogen-bond acceptors (Lipinski definition) is 3. The Morgan fingerprint density at radius 2 is 1.90 bits per heavy atom. The molecule has 0 atom stereocenters. The zero-order valence-electron chi connectivity index (χ0n) is 16.4. The van der Waals surface area contributed by atoms with Crippen molar-refractivity contribution < 1.29 is 9.59 Å². The molecule has 1 fully saturated rings. The first-order valence-electron chi connectivity index (χ1n) is 10.3. The lowest BCUT2D eigenvalue weighted by Gasteiger charge is -2.32. The summed E-state index contributed by atoms with van der Waals surface area (Å²) < 4.78 is 0. The number of halogens is 1. The topological polar surface area (TPSA) is 61.4 Å². The van der Waals surface area contributed by atoms with Gasteiger partial charge in [0.15, 0.2) is 0 Å². The average Bonchev–Trinajstić information content (AvgIpc) is 3.56. The second kappa shape index (κ2) is 8.87. The third-order valence-corrected chi connectivity index (χ3v) is 5.71. The number of fused-ring (bicyclic) bond motifs is 1. The van der Waals surface area contributed by atoms with E-state index < -0.39 is 0 Å². The summed E-state index contributed by atoms with van der Waals surface area (Å²) in [6.07, 6.45) is 4.03. The third kappa shape index (κ3) is 4.91. The van der Waals surface area contributed by atoms with Gasteiger partial charge in [-0.05, 0) is 55.0 Å². The monoisotopic (exact) mass is 411 g/mol. The van der Waals surface area contributed by atoms with Gasteiger partial charge in [0.2, 0.25) is 5.91 Å². The lowest BCUT2D eigenvalue weighted by atomic mass is 9.98. The van der Waals surface area contributed by atoms with Gasteiger partial charge in [0.1, 0.15) is 0 Å². The Bertz CT molecular complexity index is 911. The van der Waals surface area contributed by atoms with Crippen molar-refractivity contribution in [2.24, 2.45) is 0 Å². The lowest BCUT2D eigenvalue weighted by molar-refractivity contribution is -0.116. The molecular formula is C23H26ClN3O2. The van der Waals surface area contributed by atoms with Crippen LogP contribution in [0.15, 0.2) is 42.5 Å². The van der Waals surface area contributed by atoms with Crippen LogP contribution in [0.4, 0.5) is 11.4 Å². The van der Waals surface area contributed by atoms with Gasteiger partial charge in [0.25, 0.3) is 5.91 Å². The molecule has 2 aromatic rings. The summed E-state index contributed by atoms with van der Waals surface area (Å²) >= 11 is 5.67. The number of benzene rings is 2. The van der Waals surface area contributed by atoms with E-state index in [-0.39, 0.29) is 17.9 Å². The van der Waals surface area contributed by atoms with Crippen molar-refractivity contribution >= 4 is 34.8 Å². The molecule has 2 aromatic carbocycles. The third-order valence-electron chi connectivity index (χ3n) is 5.45. The highest BCUT2D eigenvalue weighted by Crippen LogP contribution is 2.30. The summed E-state index contributed by atoms with van der Waals surface area (Å²) in [4.78, 5) is 27.3. The van der Waals surface area contributed by atoms with Crippen LogP contribution in [0.25, 0.3) is 0 Å². The first-order valence-corrected chi connectivity index (χ1v) is 10.8. The molecule has 4 rings (SSSR count). The Morgan fingerprint density at radius 1 is 1.10 bits per heavy atom. The molecule has 1 saturated carbocycles. The molecule has 1 aliphatic heterocycles. The number of amides is 2. The minimum atomic E-state index is -0.0844. The zero-order valence-corrected chi connectivity index (χ0v) is 17.2. The van der Waals surface area contributed by atoms with Crippen LogP contribution < -0.4 is 15.5 Å². The maximum Gasteiger partial charge on any atom is 0.253 e. The van der Waals surface area contributed by atoms with Crippen LogP contribution in [0.5, 0.6) is 0 Å². The fourth-order valence-corrected chi connectivity index (χ4v) is 3.85. The van der Waals surface area contributed by atoms with Gasteiger partial charge in [0, 0.05) is 42.8 Å². The minimum Gasteiger partial charge on any atom is -0.366 e. The number of rotatable bonds is 7. The van der Waals surface area contributed by atoms with E-state index in [0.29, 0.717) is 30.0 Å². The van der Waals surface area contributed by atoms with E-state index in [4.69, 9.17) is 11.6 Å². The fraction of sp³-hybridized carbons (Fsp3) is 0.391. The van der Waals surface area contributed by atoms with Crippen LogP contribution >= 0.6 is 11.6 Å². The van der Waals surface area contributed by atoms with E-state index in [9.17, 15) is 9.59 Å². The van der Waals surface area contributed by atoms with Crippen LogP contribution in [-0.4, -0.2) is 30.3 Å². The van der Waals surface area contributed by atoms with E-state index in [0.717, 1.165) is 38.0 Å². The van der Waals surface area contributed by atoms with Gasteiger partial charge in [-0.25, -0.2) is 0 Å². The summed E-state index contributed by atoms with van der Waals surface area (Å²) in [7, 11) is 0. The quantitative estimate of drug-likeness (QED) is 0.674.